The second-order valence-corrected chi connectivity index (χ2v) is 5.01. The van der Waals surface area contributed by atoms with E-state index in [1.54, 1.807) is 4.90 Å². The molecule has 2 N–H and O–H groups in total. The average Bonchev–Trinajstić information content (AvgIpc) is 2.49. The van der Waals surface area contributed by atoms with E-state index in [0.717, 1.165) is 0 Å². The van der Waals surface area contributed by atoms with E-state index in [0.29, 0.717) is 17.0 Å². The molecule has 1 aliphatic heterocycles. The number of hydrogen-bond donors (Lipinski definition) is 3. The second-order valence-electron chi connectivity index (χ2n) is 4.52. The zero-order chi connectivity index (χ0) is 16.3. The highest BCUT2D eigenvalue weighted by Crippen LogP contribution is 2.35. The zero-order valence-corrected chi connectivity index (χ0v) is 13.1. The summed E-state index contributed by atoms with van der Waals surface area (Å²) in [5.74, 6) is -0.549. The highest BCUT2D eigenvalue weighted by molar-refractivity contribution is 7.80. The van der Waals surface area contributed by atoms with Crippen molar-refractivity contribution in [2.24, 2.45) is 0 Å². The quantitative estimate of drug-likeness (QED) is 0.698. The van der Waals surface area contributed by atoms with E-state index in [-0.39, 0.29) is 24.8 Å². The molecule has 1 atom stereocenters. The minimum absolute atomic E-state index is 0.0394. The minimum Gasteiger partial charge on any atom is -0.496 e. The van der Waals surface area contributed by atoms with Crippen molar-refractivity contribution in [3.8, 4) is 11.5 Å². The van der Waals surface area contributed by atoms with Crippen molar-refractivity contribution in [3.63, 3.8) is 0 Å². The Labute approximate surface area is 132 Å². The first-order chi connectivity index (χ1) is 10.5. The molecule has 8 heteroatoms. The number of hydrogen-bond acceptors (Lipinski definition) is 6. The molecule has 0 saturated heterocycles. The summed E-state index contributed by atoms with van der Waals surface area (Å²) >= 11 is 4.27. The van der Waals surface area contributed by atoms with Crippen LogP contribution in [0.5, 0.6) is 11.5 Å². The lowest BCUT2D eigenvalue weighted by atomic mass is 10.1. The molecule has 1 aliphatic rings. The van der Waals surface area contributed by atoms with Crippen LogP contribution in [0.15, 0.2) is 18.2 Å². The van der Waals surface area contributed by atoms with Crippen LogP contribution >= 0.6 is 12.6 Å². The molecule has 0 fully saturated rings. The van der Waals surface area contributed by atoms with E-state index in [1.807, 2.05) is 0 Å². The van der Waals surface area contributed by atoms with Crippen LogP contribution in [0.25, 0.3) is 5.70 Å². The van der Waals surface area contributed by atoms with Crippen molar-refractivity contribution in [1.82, 2.24) is 10.2 Å². The number of amides is 1. The Bertz CT molecular complexity index is 609. The number of β-amino-alcohol motifs (C(OH)–C–C–N with tert-alkyl or cyclic N) is 1. The van der Waals surface area contributed by atoms with E-state index >= 15 is 0 Å². The van der Waals surface area contributed by atoms with Crippen molar-refractivity contribution in [2.45, 2.75) is 5.50 Å². The molecule has 22 heavy (non-hydrogen) atoms. The lowest BCUT2D eigenvalue weighted by molar-refractivity contribution is -0.117. The average molecular weight is 328 g/mol. The molecular formula is C14H17FN2O4S. The summed E-state index contributed by atoms with van der Waals surface area (Å²) in [6.45, 7) is 0.0717. The summed E-state index contributed by atoms with van der Waals surface area (Å²) in [5, 5.41) is 11.8. The number of aliphatic hydroxyl groups excluding tert-OH is 1. The summed E-state index contributed by atoms with van der Waals surface area (Å²) in [6, 6.07) is 2.63. The van der Waals surface area contributed by atoms with Crippen LogP contribution in [0.3, 0.4) is 0 Å². The van der Waals surface area contributed by atoms with Crippen molar-refractivity contribution in [2.75, 3.05) is 27.4 Å². The second kappa shape index (κ2) is 6.89. The van der Waals surface area contributed by atoms with Gasteiger partial charge in [-0.05, 0) is 6.07 Å². The topological polar surface area (TPSA) is 71.0 Å². The number of carbonyl (C=O) groups is 1. The lowest BCUT2D eigenvalue weighted by Gasteiger charge is -2.36. The maximum atomic E-state index is 14.0. The molecule has 1 amide bonds. The summed E-state index contributed by atoms with van der Waals surface area (Å²) in [5.41, 5.74) is 0.161. The van der Waals surface area contributed by atoms with Gasteiger partial charge in [-0.3, -0.25) is 4.79 Å². The summed E-state index contributed by atoms with van der Waals surface area (Å²) in [4.78, 5) is 13.4. The van der Waals surface area contributed by atoms with E-state index in [4.69, 9.17) is 9.47 Å². The van der Waals surface area contributed by atoms with E-state index in [1.165, 1.54) is 32.4 Å². The van der Waals surface area contributed by atoms with Gasteiger partial charge in [0, 0.05) is 24.3 Å². The molecule has 1 aromatic carbocycles. The molecule has 1 heterocycles. The van der Waals surface area contributed by atoms with Gasteiger partial charge in [0.2, 0.25) is 5.91 Å². The number of benzene rings is 1. The van der Waals surface area contributed by atoms with Crippen LogP contribution in [0.1, 0.15) is 5.56 Å². The van der Waals surface area contributed by atoms with Crippen LogP contribution < -0.4 is 14.8 Å². The van der Waals surface area contributed by atoms with Crippen molar-refractivity contribution in [3.05, 3.63) is 29.6 Å². The standard InChI is InChI=1S/C14H17FN2O4S/c1-20-11-7-12(21-2)9(15)5-8(11)10-6-13(19)16-14(22)17(10)3-4-18/h5-7,14,18,22H,3-4H2,1-2H3,(H,16,19). The Balaban J connectivity index is 2.56. The fourth-order valence-electron chi connectivity index (χ4n) is 2.23. The normalized spacial score (nSPS) is 17.9. The Morgan fingerprint density at radius 1 is 1.36 bits per heavy atom. The molecular weight excluding hydrogens is 311 g/mol. The molecule has 1 unspecified atom stereocenters. The van der Waals surface area contributed by atoms with Gasteiger partial charge in [0.25, 0.3) is 0 Å². The van der Waals surface area contributed by atoms with Gasteiger partial charge in [-0.1, -0.05) is 0 Å². The molecule has 2 rings (SSSR count). The lowest BCUT2D eigenvalue weighted by Crippen LogP contribution is -2.48. The first-order valence-corrected chi connectivity index (χ1v) is 7.03. The third kappa shape index (κ3) is 3.12. The van der Waals surface area contributed by atoms with Crippen LogP contribution in [-0.4, -0.2) is 48.8 Å². The third-order valence-corrected chi connectivity index (χ3v) is 3.64. The Morgan fingerprint density at radius 3 is 2.64 bits per heavy atom. The molecule has 0 aliphatic carbocycles. The molecule has 1 aromatic rings. The maximum absolute atomic E-state index is 14.0. The fraction of sp³-hybridized carbons (Fsp3) is 0.357. The van der Waals surface area contributed by atoms with Gasteiger partial charge >= 0.3 is 0 Å². The van der Waals surface area contributed by atoms with Gasteiger partial charge in [-0.25, -0.2) is 4.39 Å². The largest absolute Gasteiger partial charge is 0.496 e. The molecule has 6 nitrogen and oxygen atoms in total. The minimum atomic E-state index is -0.630. The van der Waals surface area contributed by atoms with Gasteiger partial charge in [-0.15, -0.1) is 12.6 Å². The number of rotatable bonds is 5. The Hall–Kier alpha value is -1.93. The van der Waals surface area contributed by atoms with Gasteiger partial charge in [-0.2, -0.15) is 0 Å². The Kier molecular flexibility index (Phi) is 5.15. The summed E-state index contributed by atoms with van der Waals surface area (Å²) in [6.07, 6.45) is 1.31. The number of nitrogens with one attached hydrogen (secondary N) is 1. The van der Waals surface area contributed by atoms with Gasteiger partial charge in [0.1, 0.15) is 11.2 Å². The summed E-state index contributed by atoms with van der Waals surface area (Å²) in [7, 11) is 2.79. The van der Waals surface area contributed by atoms with E-state index in [9.17, 15) is 14.3 Å². The molecule has 120 valence electrons. The predicted octanol–water partition coefficient (Wildman–Crippen LogP) is 0.821. The maximum Gasteiger partial charge on any atom is 0.248 e. The number of ether oxygens (including phenoxy) is 2. The van der Waals surface area contributed by atoms with Crippen molar-refractivity contribution < 1.29 is 23.8 Å². The number of methoxy groups -OCH3 is 2. The van der Waals surface area contributed by atoms with Crippen molar-refractivity contribution in [1.29, 1.82) is 0 Å². The first kappa shape index (κ1) is 16.4. The molecule has 0 saturated carbocycles. The van der Waals surface area contributed by atoms with E-state index in [2.05, 4.69) is 17.9 Å². The van der Waals surface area contributed by atoms with Crippen LogP contribution in [0.4, 0.5) is 4.39 Å². The van der Waals surface area contributed by atoms with Gasteiger partial charge in [0.15, 0.2) is 11.6 Å². The number of halogens is 1. The first-order valence-electron chi connectivity index (χ1n) is 6.51. The number of aliphatic hydroxyl groups is 1. The Morgan fingerprint density at radius 2 is 2.05 bits per heavy atom. The predicted molar refractivity (Wildman–Crippen MR) is 82.2 cm³/mol. The molecule has 0 radical (unpaired) electrons. The van der Waals surface area contributed by atoms with Gasteiger partial charge < -0.3 is 24.8 Å². The van der Waals surface area contributed by atoms with Crippen LogP contribution in [0.2, 0.25) is 0 Å². The smallest absolute Gasteiger partial charge is 0.248 e. The van der Waals surface area contributed by atoms with Crippen molar-refractivity contribution >= 4 is 24.2 Å². The van der Waals surface area contributed by atoms with E-state index < -0.39 is 11.3 Å². The van der Waals surface area contributed by atoms with Gasteiger partial charge in [0.05, 0.1) is 26.5 Å². The zero-order valence-electron chi connectivity index (χ0n) is 12.2. The van der Waals surface area contributed by atoms with Crippen LogP contribution in [-0.2, 0) is 4.79 Å². The number of carbonyl (C=O) groups excluding carboxylic acids is 1. The summed E-state index contributed by atoms with van der Waals surface area (Å²) < 4.78 is 24.2. The monoisotopic (exact) mass is 328 g/mol. The molecule has 0 bridgehead atoms. The molecule has 0 spiro atoms. The highest BCUT2D eigenvalue weighted by Gasteiger charge is 2.28. The molecule has 0 aromatic heterocycles. The fourth-order valence-corrected chi connectivity index (χ4v) is 2.60. The SMILES string of the molecule is COc1cc(OC)c(C2=CC(=O)NC(S)N2CCO)cc1F. The number of thiol groups is 1. The third-order valence-electron chi connectivity index (χ3n) is 3.23. The number of nitrogens with zero attached hydrogens (tertiary/aromatic N) is 1. The van der Waals surface area contributed by atoms with Crippen LogP contribution in [0, 0.1) is 5.82 Å². The highest BCUT2D eigenvalue weighted by atomic mass is 32.1.